The Morgan fingerprint density at radius 3 is 2.07 bits per heavy atom. The lowest BCUT2D eigenvalue weighted by Crippen LogP contribution is -2.50. The molecule has 2 unspecified atom stereocenters. The van der Waals surface area contributed by atoms with Crippen molar-refractivity contribution in [3.05, 3.63) is 160 Å². The van der Waals surface area contributed by atoms with Gasteiger partial charge in [-0.05, 0) is 106 Å². The van der Waals surface area contributed by atoms with Crippen LogP contribution in [0.4, 0.5) is 11.6 Å². The Bertz CT molecular complexity index is 3460. The topological polar surface area (TPSA) is 244 Å². The number of aromatic nitrogens is 4. The number of imidazole rings is 1. The molecular weight excluding hydrogens is 1150 g/mol. The van der Waals surface area contributed by atoms with Crippen LogP contribution in [0.3, 0.4) is 0 Å². The van der Waals surface area contributed by atoms with Crippen molar-refractivity contribution in [1.29, 1.82) is 5.26 Å². The number of nitrogens with zero attached hydrogens (tertiary/aromatic N) is 7. The maximum atomic E-state index is 13.9. The largest absolute Gasteiger partial charge is 0.497 e. The van der Waals surface area contributed by atoms with Crippen LogP contribution in [-0.4, -0.2) is 115 Å². The highest BCUT2D eigenvalue weighted by molar-refractivity contribution is 7.44. The smallest absolute Gasteiger partial charge is 0.273 e. The van der Waals surface area contributed by atoms with E-state index >= 15 is 0 Å². The molecule has 0 spiro atoms. The van der Waals surface area contributed by atoms with Gasteiger partial charge in [-0.3, -0.25) is 24.8 Å². The van der Waals surface area contributed by atoms with E-state index in [9.17, 15) is 20.2 Å². The zero-order valence-corrected chi connectivity index (χ0v) is 52.9. The molecule has 5 aromatic carbocycles. The first kappa shape index (κ1) is 63.7. The number of non-ortho nitro benzene ring substituents is 1. The number of anilines is 1. The molecule has 460 valence electrons. The van der Waals surface area contributed by atoms with Crippen LogP contribution in [0.5, 0.6) is 34.6 Å². The molecule has 1 saturated heterocycles. The Balaban J connectivity index is 1.23. The number of para-hydroxylation sites is 1. The summed E-state index contributed by atoms with van der Waals surface area (Å²) in [5.74, 6) is 1.35. The summed E-state index contributed by atoms with van der Waals surface area (Å²) in [5.41, 5.74) is 1.42. The minimum Gasteiger partial charge on any atom is -0.497 e. The Kier molecular flexibility index (Phi) is 20.1. The van der Waals surface area contributed by atoms with Gasteiger partial charge in [0.25, 0.3) is 20.1 Å². The number of hydrogen-bond donors (Lipinski definition) is 1. The fourth-order valence-electron chi connectivity index (χ4n) is 10.2. The van der Waals surface area contributed by atoms with Crippen molar-refractivity contribution in [3.63, 3.8) is 0 Å². The van der Waals surface area contributed by atoms with Gasteiger partial charge in [0.2, 0.25) is 18.6 Å². The zero-order valence-electron chi connectivity index (χ0n) is 51.0. The molecule has 24 heteroatoms. The Hall–Kier alpha value is -7.78. The number of nitrogens with one attached hydrogen (secondary N) is 1. The molecule has 0 bridgehead atoms. The highest BCUT2D eigenvalue weighted by Gasteiger charge is 2.55. The van der Waals surface area contributed by atoms with E-state index in [-0.39, 0.29) is 83.7 Å². The number of carbonyl (C=O) groups is 1. The van der Waals surface area contributed by atoms with Gasteiger partial charge in [0, 0.05) is 23.7 Å². The number of amides is 1. The summed E-state index contributed by atoms with van der Waals surface area (Å²) in [5, 5.41) is 24.5. The number of ether oxygens (including phenoxy) is 8. The van der Waals surface area contributed by atoms with Crippen molar-refractivity contribution in [2.75, 3.05) is 46.1 Å². The molecule has 2 aromatic heterocycles. The fraction of sp³-hybridized carbons (Fsp3) is 0.413. The standard InChI is InChI=1S/C63H75N8O14PSi/c1-40(2)70(41(3)4)86(81-33-19-32-64)84-56-52(36-80-63(43-20-15-13-16-21-43,44-24-28-47(75-9)29-25-44)45-26-30-48(76-10)31-27-45)83-60(57(56)85-87(11,12)62(6,7)8)69-38-65-54-58(69)67-61(66-53(72)37-77-49-22-17-14-18-23-49)68-59(54)82-42(5)50-34-46(71(73)74)35-51-55(50)79-39-78-51/h13-18,20-31,34-35,38,40-42,52,56-57,60H,19,33,36-37,39H2,1-12H3,(H,66,67,68,72)/t42?,52-,56-,57-,60-,86?/m1/s1. The summed E-state index contributed by atoms with van der Waals surface area (Å²) in [6, 6.07) is 39.0. The fourth-order valence-corrected chi connectivity index (χ4v) is 13.3. The highest BCUT2D eigenvalue weighted by atomic mass is 31.2. The van der Waals surface area contributed by atoms with Crippen molar-refractivity contribution < 1.29 is 61.1 Å². The van der Waals surface area contributed by atoms with Gasteiger partial charge in [-0.25, -0.2) is 9.65 Å². The molecule has 4 heterocycles. The third-order valence-corrected chi connectivity index (χ3v) is 22.1. The molecule has 0 saturated carbocycles. The minimum atomic E-state index is -2.86. The van der Waals surface area contributed by atoms with E-state index in [2.05, 4.69) is 77.6 Å². The average molecular weight is 1230 g/mol. The van der Waals surface area contributed by atoms with Crippen LogP contribution in [-0.2, 0) is 33.3 Å². The molecule has 7 aromatic rings. The van der Waals surface area contributed by atoms with E-state index in [1.54, 1.807) is 56.3 Å². The van der Waals surface area contributed by atoms with Gasteiger partial charge in [0.1, 0.15) is 47.3 Å². The number of benzene rings is 5. The van der Waals surface area contributed by atoms with Crippen molar-refractivity contribution in [3.8, 4) is 40.7 Å². The Morgan fingerprint density at radius 2 is 1.48 bits per heavy atom. The minimum absolute atomic E-state index is 0.0781. The lowest BCUT2D eigenvalue weighted by atomic mass is 9.80. The number of carbonyl (C=O) groups excluding carboxylic acids is 1. The molecule has 9 rings (SSSR count). The summed E-state index contributed by atoms with van der Waals surface area (Å²) >= 11 is 0. The maximum absolute atomic E-state index is 13.9. The second-order valence-electron chi connectivity index (χ2n) is 23.0. The number of nitriles is 1. The Labute approximate surface area is 509 Å². The monoisotopic (exact) mass is 1230 g/mol. The predicted octanol–water partition coefficient (Wildman–Crippen LogP) is 12.6. The number of nitro groups is 1. The molecule has 1 amide bonds. The molecule has 1 N–H and O–H groups in total. The molecule has 0 radical (unpaired) electrons. The van der Waals surface area contributed by atoms with Crippen LogP contribution >= 0.6 is 8.53 Å². The summed E-state index contributed by atoms with van der Waals surface area (Å²) in [6.45, 7) is 20.1. The number of hydrogen-bond acceptors (Lipinski definition) is 19. The van der Waals surface area contributed by atoms with E-state index in [1.165, 1.54) is 12.1 Å². The number of nitro benzene ring substituents is 1. The summed E-state index contributed by atoms with van der Waals surface area (Å²) in [6.07, 6.45) is -3.32. The molecule has 87 heavy (non-hydrogen) atoms. The van der Waals surface area contributed by atoms with Crippen molar-refractivity contribution >= 4 is 45.6 Å². The van der Waals surface area contributed by atoms with Crippen LogP contribution in [0.15, 0.2) is 128 Å². The quantitative estimate of drug-likeness (QED) is 0.0126. The zero-order chi connectivity index (χ0) is 62.2. The predicted molar refractivity (Wildman–Crippen MR) is 328 cm³/mol. The van der Waals surface area contributed by atoms with Crippen molar-refractivity contribution in [2.45, 2.75) is 128 Å². The van der Waals surface area contributed by atoms with Gasteiger partial charge >= 0.3 is 0 Å². The molecule has 2 aliphatic heterocycles. The third-order valence-electron chi connectivity index (χ3n) is 15.5. The molecule has 6 atom stereocenters. The van der Waals surface area contributed by atoms with Gasteiger partial charge in [0.05, 0.1) is 57.2 Å². The second-order valence-corrected chi connectivity index (χ2v) is 29.1. The molecule has 1 fully saturated rings. The third kappa shape index (κ3) is 14.1. The van der Waals surface area contributed by atoms with Gasteiger partial charge < -0.3 is 51.4 Å². The lowest BCUT2D eigenvalue weighted by molar-refractivity contribution is -0.385. The van der Waals surface area contributed by atoms with Crippen LogP contribution < -0.4 is 33.7 Å². The summed E-state index contributed by atoms with van der Waals surface area (Å²) < 4.78 is 76.1. The molecule has 2 aliphatic rings. The van der Waals surface area contributed by atoms with Gasteiger partial charge in [-0.1, -0.05) is 93.6 Å². The van der Waals surface area contributed by atoms with E-state index < -0.39 is 70.5 Å². The van der Waals surface area contributed by atoms with Gasteiger partial charge in [-0.15, -0.1) is 0 Å². The first-order valence-electron chi connectivity index (χ1n) is 28.7. The molecule has 0 aliphatic carbocycles. The van der Waals surface area contributed by atoms with E-state index in [0.717, 1.165) is 16.7 Å². The highest BCUT2D eigenvalue weighted by Crippen LogP contribution is 2.53. The first-order valence-corrected chi connectivity index (χ1v) is 32.7. The normalized spacial score (nSPS) is 17.5. The van der Waals surface area contributed by atoms with E-state index in [4.69, 9.17) is 66.3 Å². The number of fused-ring (bicyclic) bond motifs is 2. The summed E-state index contributed by atoms with van der Waals surface area (Å²) in [4.78, 5) is 40.1. The van der Waals surface area contributed by atoms with Crippen LogP contribution in [0.1, 0.15) is 96.4 Å². The SMILES string of the molecule is COc1ccc(C(OC[C@H]2O[C@@H](n3cnc4c(OC(C)c5cc([N+](=O)[O-])cc6c5OCO6)nc(NC(=O)COc5ccccc5)nc43)[C@H](O[Si](C)(C)C(C)(C)C)[C@@H]2OP(OCCC#N)N(C(C)C)C(C)C)(c2ccccc2)c2ccc(OC)cc2)cc1. The van der Waals surface area contributed by atoms with Crippen molar-refractivity contribution in [1.82, 2.24) is 24.2 Å². The Morgan fingerprint density at radius 1 is 0.862 bits per heavy atom. The van der Waals surface area contributed by atoms with Gasteiger partial charge in [-0.2, -0.15) is 15.2 Å². The summed E-state index contributed by atoms with van der Waals surface area (Å²) in [7, 11) is -1.58. The van der Waals surface area contributed by atoms with Crippen LogP contribution in [0, 0.1) is 21.4 Å². The average Bonchev–Trinajstić information content (AvgIpc) is 1.82. The first-order chi connectivity index (χ1) is 41.7. The lowest BCUT2D eigenvalue weighted by Gasteiger charge is -2.42. The van der Waals surface area contributed by atoms with Crippen LogP contribution in [0.2, 0.25) is 18.1 Å². The van der Waals surface area contributed by atoms with Gasteiger partial charge in [0.15, 0.2) is 43.8 Å². The van der Waals surface area contributed by atoms with Crippen LogP contribution in [0.25, 0.3) is 11.2 Å². The van der Waals surface area contributed by atoms with Crippen molar-refractivity contribution in [2.24, 2.45) is 0 Å². The molecule has 22 nitrogen and oxygen atoms in total. The van der Waals surface area contributed by atoms with E-state index in [1.807, 2.05) is 84.9 Å². The maximum Gasteiger partial charge on any atom is 0.273 e. The number of methoxy groups -OCH3 is 2. The second kappa shape index (κ2) is 27.5. The van der Waals surface area contributed by atoms with E-state index in [0.29, 0.717) is 22.8 Å². The number of rotatable bonds is 27. The molecular formula is C63H75N8O14PSi.